The van der Waals surface area contributed by atoms with E-state index in [1.165, 1.54) is 39.0 Å². The summed E-state index contributed by atoms with van der Waals surface area (Å²) < 4.78 is 4.40. The number of ether oxygens (including phenoxy) is 1. The molecule has 0 saturated heterocycles. The van der Waals surface area contributed by atoms with Gasteiger partial charge < -0.3 is 9.84 Å². The predicted molar refractivity (Wildman–Crippen MR) is 62.7 cm³/mol. The fourth-order valence-corrected chi connectivity index (χ4v) is 1.09. The minimum absolute atomic E-state index is 0.167. The number of hydrogen-bond acceptors (Lipinski definition) is 3. The van der Waals surface area contributed by atoms with Gasteiger partial charge in [0.1, 0.15) is 0 Å². The Bertz CT molecular complexity index is 118. The predicted octanol–water partition coefficient (Wildman–Crippen LogP) is 2.91. The highest BCUT2D eigenvalue weighted by atomic mass is 16.5. The number of aliphatic hydroxyl groups is 1. The zero-order valence-electron chi connectivity index (χ0n) is 10.6. The van der Waals surface area contributed by atoms with Gasteiger partial charge in [-0.05, 0) is 20.8 Å². The van der Waals surface area contributed by atoms with E-state index in [9.17, 15) is 4.79 Å². The van der Waals surface area contributed by atoms with E-state index in [0.717, 1.165) is 0 Å². The van der Waals surface area contributed by atoms with E-state index in [2.05, 4.69) is 4.74 Å². The quantitative estimate of drug-likeness (QED) is 0.688. The molecule has 0 aromatic rings. The monoisotopic (exact) mass is 218 g/mol. The Morgan fingerprint density at radius 2 is 1.47 bits per heavy atom. The maximum absolute atomic E-state index is 9.82. The Labute approximate surface area is 93.8 Å². The van der Waals surface area contributed by atoms with E-state index in [-0.39, 0.29) is 12.1 Å². The molecule has 0 unspecified atom stereocenters. The molecule has 0 aromatic heterocycles. The summed E-state index contributed by atoms with van der Waals surface area (Å²) in [6.07, 6.45) is 7.33. The summed E-state index contributed by atoms with van der Waals surface area (Å²) in [4.78, 5) is 9.82. The van der Waals surface area contributed by atoms with E-state index in [4.69, 9.17) is 5.11 Å². The van der Waals surface area contributed by atoms with Crippen LogP contribution in [-0.4, -0.2) is 23.8 Å². The molecule has 92 valence electrons. The van der Waals surface area contributed by atoms with Gasteiger partial charge in [-0.1, -0.05) is 32.1 Å². The smallest absolute Gasteiger partial charge is 0.302 e. The van der Waals surface area contributed by atoms with Crippen LogP contribution in [0.15, 0.2) is 0 Å². The lowest BCUT2D eigenvalue weighted by atomic mass is 10.4. The fourth-order valence-electron chi connectivity index (χ4n) is 1.09. The highest BCUT2D eigenvalue weighted by Gasteiger charge is 1.95. The molecule has 0 amide bonds. The van der Waals surface area contributed by atoms with Gasteiger partial charge in [0.15, 0.2) is 0 Å². The van der Waals surface area contributed by atoms with Crippen LogP contribution < -0.4 is 0 Å². The van der Waals surface area contributed by atoms with Crippen molar-refractivity contribution in [2.45, 2.75) is 65.9 Å². The van der Waals surface area contributed by atoms with Crippen molar-refractivity contribution >= 4 is 5.97 Å². The van der Waals surface area contributed by atoms with Gasteiger partial charge in [-0.2, -0.15) is 0 Å². The van der Waals surface area contributed by atoms with Gasteiger partial charge in [-0.3, -0.25) is 4.79 Å². The van der Waals surface area contributed by atoms with E-state index in [0.29, 0.717) is 6.61 Å². The maximum atomic E-state index is 9.82. The van der Waals surface area contributed by atoms with Gasteiger partial charge in [0.05, 0.1) is 6.61 Å². The van der Waals surface area contributed by atoms with Crippen LogP contribution in [0.25, 0.3) is 0 Å². The summed E-state index contributed by atoms with van der Waals surface area (Å²) in [5.41, 5.74) is 0. The zero-order chi connectivity index (χ0) is 12.1. The summed E-state index contributed by atoms with van der Waals surface area (Å²) in [5.74, 6) is -0.211. The van der Waals surface area contributed by atoms with Gasteiger partial charge in [0.25, 0.3) is 0 Å². The molecule has 1 N–H and O–H groups in total. The van der Waals surface area contributed by atoms with E-state index in [1.807, 2.05) is 0 Å². The average Bonchev–Trinajstić information content (AvgIpc) is 2.58. The van der Waals surface area contributed by atoms with E-state index in [1.54, 1.807) is 20.8 Å². The Hall–Kier alpha value is -0.570. The van der Waals surface area contributed by atoms with Crippen LogP contribution >= 0.6 is 0 Å². The van der Waals surface area contributed by atoms with Crippen LogP contribution in [0.1, 0.15) is 59.8 Å². The fraction of sp³-hybridized carbons (Fsp3) is 0.917. The first-order valence-electron chi connectivity index (χ1n) is 5.82. The Morgan fingerprint density at radius 1 is 1.20 bits per heavy atom. The van der Waals surface area contributed by atoms with Crippen LogP contribution in [0.3, 0.4) is 0 Å². The van der Waals surface area contributed by atoms with Crippen LogP contribution in [0.2, 0.25) is 0 Å². The highest BCUT2D eigenvalue weighted by Crippen LogP contribution is 2.15. The van der Waals surface area contributed by atoms with Gasteiger partial charge >= 0.3 is 5.97 Å². The SMILES string of the molecule is C1CCCC1.CC(C)O.CCOC(C)=O. The standard InChI is InChI=1S/C5H10.C4H8O2.C3H8O/c1-2-4-5-3-1;1-3-6-4(2)5;1-3(2)4/h1-5H2;3H2,1-2H3;3-4H,1-2H3. The molecule has 0 atom stereocenters. The van der Waals surface area contributed by atoms with E-state index < -0.39 is 0 Å². The lowest BCUT2D eigenvalue weighted by Crippen LogP contribution is -1.95. The molecule has 0 spiro atoms. The molecule has 15 heavy (non-hydrogen) atoms. The third-order valence-electron chi connectivity index (χ3n) is 1.60. The molecule has 1 rings (SSSR count). The second kappa shape index (κ2) is 13.4. The minimum atomic E-state index is -0.211. The van der Waals surface area contributed by atoms with Crippen molar-refractivity contribution in [1.82, 2.24) is 0 Å². The largest absolute Gasteiger partial charge is 0.466 e. The molecule has 3 nitrogen and oxygen atoms in total. The van der Waals surface area contributed by atoms with Crippen molar-refractivity contribution in [3.05, 3.63) is 0 Å². The molecule has 0 radical (unpaired) electrons. The molecule has 1 saturated carbocycles. The maximum Gasteiger partial charge on any atom is 0.302 e. The highest BCUT2D eigenvalue weighted by molar-refractivity contribution is 5.65. The molecule has 1 fully saturated rings. The summed E-state index contributed by atoms with van der Waals surface area (Å²) in [6.45, 7) is 7.10. The van der Waals surface area contributed by atoms with Crippen LogP contribution in [0.5, 0.6) is 0 Å². The number of hydrogen-bond donors (Lipinski definition) is 1. The minimum Gasteiger partial charge on any atom is -0.466 e. The lowest BCUT2D eigenvalue weighted by molar-refractivity contribution is -0.140. The summed E-state index contributed by atoms with van der Waals surface area (Å²) >= 11 is 0. The van der Waals surface area contributed by atoms with Crippen molar-refractivity contribution in [3.8, 4) is 0 Å². The van der Waals surface area contributed by atoms with Crippen molar-refractivity contribution < 1.29 is 14.6 Å². The summed E-state index contributed by atoms with van der Waals surface area (Å²) in [6, 6.07) is 0. The van der Waals surface area contributed by atoms with Crippen LogP contribution in [-0.2, 0) is 9.53 Å². The van der Waals surface area contributed by atoms with Crippen LogP contribution in [0, 0.1) is 0 Å². The molecular weight excluding hydrogens is 192 g/mol. The average molecular weight is 218 g/mol. The van der Waals surface area contributed by atoms with Gasteiger partial charge in [0.2, 0.25) is 0 Å². The summed E-state index contributed by atoms with van der Waals surface area (Å²) in [7, 11) is 0. The first-order valence-corrected chi connectivity index (χ1v) is 5.82. The first-order chi connectivity index (χ1) is 7.00. The third kappa shape index (κ3) is 31.8. The Kier molecular flexibility index (Phi) is 15.1. The Morgan fingerprint density at radius 3 is 1.53 bits per heavy atom. The molecule has 0 heterocycles. The number of aliphatic hydroxyl groups excluding tert-OH is 1. The number of carbonyl (C=O) groups excluding carboxylic acids is 1. The van der Waals surface area contributed by atoms with Crippen molar-refractivity contribution in [3.63, 3.8) is 0 Å². The van der Waals surface area contributed by atoms with Gasteiger partial charge in [0, 0.05) is 13.0 Å². The molecule has 0 aliphatic heterocycles. The molecule has 0 aromatic carbocycles. The molecular formula is C12H26O3. The molecule has 1 aliphatic carbocycles. The molecule has 3 heteroatoms. The lowest BCUT2D eigenvalue weighted by Gasteiger charge is -1.89. The van der Waals surface area contributed by atoms with Crippen molar-refractivity contribution in [2.24, 2.45) is 0 Å². The normalized spacial score (nSPS) is 13.5. The topological polar surface area (TPSA) is 46.5 Å². The number of esters is 1. The van der Waals surface area contributed by atoms with Crippen molar-refractivity contribution in [2.75, 3.05) is 6.61 Å². The van der Waals surface area contributed by atoms with Crippen LogP contribution in [0.4, 0.5) is 0 Å². The van der Waals surface area contributed by atoms with Crippen molar-refractivity contribution in [1.29, 1.82) is 0 Å². The van der Waals surface area contributed by atoms with E-state index >= 15 is 0 Å². The molecule has 1 aliphatic rings. The zero-order valence-corrected chi connectivity index (χ0v) is 10.6. The third-order valence-corrected chi connectivity index (χ3v) is 1.60. The number of rotatable bonds is 1. The number of carbonyl (C=O) groups is 1. The second-order valence-corrected chi connectivity index (χ2v) is 3.79. The van der Waals surface area contributed by atoms with Gasteiger partial charge in [-0.15, -0.1) is 0 Å². The second-order valence-electron chi connectivity index (χ2n) is 3.79. The Balaban J connectivity index is 0. The first kappa shape index (κ1) is 16.8. The summed E-state index contributed by atoms with van der Waals surface area (Å²) in [5, 5.41) is 8.06. The molecule has 0 bridgehead atoms. The van der Waals surface area contributed by atoms with Gasteiger partial charge in [-0.25, -0.2) is 0 Å².